The van der Waals surface area contributed by atoms with Crippen molar-refractivity contribution in [1.29, 1.82) is 0 Å². The van der Waals surface area contributed by atoms with Crippen molar-refractivity contribution in [3.63, 3.8) is 0 Å². The molecule has 0 N–H and O–H groups in total. The Kier molecular flexibility index (Phi) is 3.80. The predicted molar refractivity (Wildman–Crippen MR) is 68.6 cm³/mol. The van der Waals surface area contributed by atoms with Crippen LogP contribution in [0.15, 0.2) is 18.2 Å². The molecule has 96 valence electrons. The van der Waals surface area contributed by atoms with Gasteiger partial charge in [0.2, 0.25) is 0 Å². The summed E-state index contributed by atoms with van der Waals surface area (Å²) in [6, 6.07) is 5.90. The van der Waals surface area contributed by atoms with Crippen molar-refractivity contribution in [3.8, 4) is 0 Å². The van der Waals surface area contributed by atoms with E-state index >= 15 is 0 Å². The number of hydrogen-bond donors (Lipinski definition) is 0. The second kappa shape index (κ2) is 5.34. The highest BCUT2D eigenvalue weighted by Crippen LogP contribution is 2.24. The Morgan fingerprint density at radius 2 is 2.00 bits per heavy atom. The molecule has 2 rings (SSSR count). The van der Waals surface area contributed by atoms with E-state index in [1.165, 1.54) is 24.7 Å². The maximum atomic E-state index is 12.2. The Labute approximate surface area is 107 Å². The van der Waals surface area contributed by atoms with E-state index < -0.39 is 0 Å². The molecule has 1 aliphatic rings. The van der Waals surface area contributed by atoms with Crippen LogP contribution in [-0.4, -0.2) is 18.9 Å². The van der Waals surface area contributed by atoms with Gasteiger partial charge in [-0.15, -0.1) is 0 Å². The van der Waals surface area contributed by atoms with E-state index in [2.05, 4.69) is 4.74 Å². The first kappa shape index (κ1) is 12.8. The number of rotatable bonds is 4. The highest BCUT2D eigenvalue weighted by molar-refractivity contribution is 5.99. The molecule has 0 aliphatic heterocycles. The number of Topliss-reactive ketones (excluding diaryl/α,β-unsaturated/α-hetero) is 1. The van der Waals surface area contributed by atoms with Gasteiger partial charge >= 0.3 is 5.97 Å². The molecule has 0 spiro atoms. The summed E-state index contributed by atoms with van der Waals surface area (Å²) < 4.78 is 4.59. The van der Waals surface area contributed by atoms with Crippen LogP contribution in [0.25, 0.3) is 0 Å². The van der Waals surface area contributed by atoms with Gasteiger partial charge in [0.05, 0.1) is 13.5 Å². The largest absolute Gasteiger partial charge is 0.469 e. The second-order valence-corrected chi connectivity index (χ2v) is 4.88. The molecule has 1 unspecified atom stereocenters. The molecule has 0 heterocycles. The van der Waals surface area contributed by atoms with Gasteiger partial charge < -0.3 is 4.74 Å². The van der Waals surface area contributed by atoms with E-state index in [4.69, 9.17) is 0 Å². The summed E-state index contributed by atoms with van der Waals surface area (Å²) in [6.45, 7) is 1.77. The zero-order valence-corrected chi connectivity index (χ0v) is 10.9. The number of carbonyl (C=O) groups excluding carboxylic acids is 2. The Balaban J connectivity index is 2.11. The fourth-order valence-corrected chi connectivity index (χ4v) is 2.44. The molecule has 0 saturated carbocycles. The number of ketones is 1. The van der Waals surface area contributed by atoms with Crippen LogP contribution >= 0.6 is 0 Å². The molecule has 0 amide bonds. The summed E-state index contributed by atoms with van der Waals surface area (Å²) in [5.41, 5.74) is 3.35. The molecular weight excluding hydrogens is 228 g/mol. The molecular formula is C15H18O3. The van der Waals surface area contributed by atoms with E-state index in [0.29, 0.717) is 5.56 Å². The van der Waals surface area contributed by atoms with Gasteiger partial charge in [0, 0.05) is 11.5 Å². The van der Waals surface area contributed by atoms with Crippen LogP contribution in [0.2, 0.25) is 0 Å². The first-order valence-electron chi connectivity index (χ1n) is 6.34. The SMILES string of the molecule is COC(=O)CC(C)C(=O)c1ccc2c(c1)CCC2. The first-order chi connectivity index (χ1) is 8.61. The fourth-order valence-electron chi connectivity index (χ4n) is 2.44. The lowest BCUT2D eigenvalue weighted by molar-refractivity contribution is -0.141. The minimum Gasteiger partial charge on any atom is -0.469 e. The third-order valence-corrected chi connectivity index (χ3v) is 3.53. The van der Waals surface area contributed by atoms with E-state index in [-0.39, 0.29) is 24.1 Å². The van der Waals surface area contributed by atoms with Crippen molar-refractivity contribution in [3.05, 3.63) is 34.9 Å². The van der Waals surface area contributed by atoms with Crippen LogP contribution in [0.5, 0.6) is 0 Å². The molecule has 1 aromatic rings. The Morgan fingerprint density at radius 1 is 1.28 bits per heavy atom. The minimum absolute atomic E-state index is 0.0232. The molecule has 1 aromatic carbocycles. The zero-order chi connectivity index (χ0) is 13.1. The molecule has 3 nitrogen and oxygen atoms in total. The molecule has 0 fully saturated rings. The summed E-state index contributed by atoms with van der Waals surface area (Å²) in [4.78, 5) is 23.4. The molecule has 18 heavy (non-hydrogen) atoms. The minimum atomic E-state index is -0.336. The van der Waals surface area contributed by atoms with E-state index in [9.17, 15) is 9.59 Å². The number of carbonyl (C=O) groups is 2. The summed E-state index contributed by atoms with van der Waals surface area (Å²) in [6.07, 6.45) is 3.49. The van der Waals surface area contributed by atoms with Gasteiger partial charge in [0.1, 0.15) is 0 Å². The number of benzene rings is 1. The smallest absolute Gasteiger partial charge is 0.306 e. The van der Waals surface area contributed by atoms with Crippen molar-refractivity contribution in [2.45, 2.75) is 32.6 Å². The number of fused-ring (bicyclic) bond motifs is 1. The lowest BCUT2D eigenvalue weighted by Crippen LogP contribution is -2.16. The van der Waals surface area contributed by atoms with Crippen molar-refractivity contribution in [2.24, 2.45) is 5.92 Å². The molecule has 1 atom stereocenters. The Hall–Kier alpha value is -1.64. The number of methoxy groups -OCH3 is 1. The number of hydrogen-bond acceptors (Lipinski definition) is 3. The topological polar surface area (TPSA) is 43.4 Å². The van der Waals surface area contributed by atoms with Crippen molar-refractivity contribution >= 4 is 11.8 Å². The number of aryl methyl sites for hydroxylation is 2. The molecule has 0 saturated heterocycles. The van der Waals surface area contributed by atoms with Crippen LogP contribution in [0.4, 0.5) is 0 Å². The van der Waals surface area contributed by atoms with Crippen LogP contribution in [0.3, 0.4) is 0 Å². The first-order valence-corrected chi connectivity index (χ1v) is 6.34. The molecule has 1 aliphatic carbocycles. The van der Waals surface area contributed by atoms with Gasteiger partial charge in [-0.2, -0.15) is 0 Å². The van der Waals surface area contributed by atoms with Crippen molar-refractivity contribution in [1.82, 2.24) is 0 Å². The predicted octanol–water partition coefficient (Wildman–Crippen LogP) is 2.56. The Bertz CT molecular complexity index is 477. The molecule has 0 aromatic heterocycles. The van der Waals surface area contributed by atoms with E-state index in [1.54, 1.807) is 6.92 Å². The zero-order valence-electron chi connectivity index (χ0n) is 10.9. The third-order valence-electron chi connectivity index (χ3n) is 3.53. The molecule has 0 radical (unpaired) electrons. The molecule has 0 bridgehead atoms. The van der Waals surface area contributed by atoms with Gasteiger partial charge in [0.15, 0.2) is 5.78 Å². The summed E-state index contributed by atoms with van der Waals surface area (Å²) >= 11 is 0. The standard InChI is InChI=1S/C15H18O3/c1-10(8-14(16)18-2)15(17)13-7-6-11-4-3-5-12(11)9-13/h6-7,9-10H,3-5,8H2,1-2H3. The quantitative estimate of drug-likeness (QED) is 0.605. The van der Waals surface area contributed by atoms with Crippen LogP contribution < -0.4 is 0 Å². The summed E-state index contributed by atoms with van der Waals surface area (Å²) in [5.74, 6) is -0.635. The number of ether oxygens (including phenoxy) is 1. The van der Waals surface area contributed by atoms with Gasteiger partial charge in [0.25, 0.3) is 0 Å². The molecule has 3 heteroatoms. The van der Waals surface area contributed by atoms with Gasteiger partial charge in [-0.1, -0.05) is 19.1 Å². The van der Waals surface area contributed by atoms with Crippen molar-refractivity contribution in [2.75, 3.05) is 7.11 Å². The maximum Gasteiger partial charge on any atom is 0.306 e. The highest BCUT2D eigenvalue weighted by atomic mass is 16.5. The van der Waals surface area contributed by atoms with Gasteiger partial charge in [-0.25, -0.2) is 0 Å². The Morgan fingerprint density at radius 3 is 2.72 bits per heavy atom. The van der Waals surface area contributed by atoms with Crippen LogP contribution in [0, 0.1) is 5.92 Å². The van der Waals surface area contributed by atoms with Crippen LogP contribution in [0.1, 0.15) is 41.3 Å². The normalized spacial score (nSPS) is 15.0. The average molecular weight is 246 g/mol. The monoisotopic (exact) mass is 246 g/mol. The maximum absolute atomic E-state index is 12.2. The van der Waals surface area contributed by atoms with Crippen LogP contribution in [-0.2, 0) is 22.4 Å². The number of esters is 1. The van der Waals surface area contributed by atoms with Gasteiger partial charge in [-0.3, -0.25) is 9.59 Å². The lowest BCUT2D eigenvalue weighted by atomic mass is 9.94. The highest BCUT2D eigenvalue weighted by Gasteiger charge is 2.20. The third kappa shape index (κ3) is 2.61. The summed E-state index contributed by atoms with van der Waals surface area (Å²) in [5, 5.41) is 0. The van der Waals surface area contributed by atoms with Gasteiger partial charge in [-0.05, 0) is 36.5 Å². The van der Waals surface area contributed by atoms with Crippen molar-refractivity contribution < 1.29 is 14.3 Å². The average Bonchev–Trinajstić information content (AvgIpc) is 2.84. The van der Waals surface area contributed by atoms with E-state index in [1.807, 2.05) is 18.2 Å². The summed E-state index contributed by atoms with van der Waals surface area (Å²) in [7, 11) is 1.34. The second-order valence-electron chi connectivity index (χ2n) is 4.88. The lowest BCUT2D eigenvalue weighted by Gasteiger charge is -2.10. The van der Waals surface area contributed by atoms with E-state index in [0.717, 1.165) is 12.8 Å². The fraction of sp³-hybridized carbons (Fsp3) is 0.467.